The number of benzene rings is 2. The summed E-state index contributed by atoms with van der Waals surface area (Å²) < 4.78 is 23.5. The van der Waals surface area contributed by atoms with Crippen molar-refractivity contribution in [1.82, 2.24) is 10.9 Å². The maximum absolute atomic E-state index is 13.3. The number of para-hydroxylation sites is 1. The van der Waals surface area contributed by atoms with Gasteiger partial charge < -0.3 is 9.47 Å². The van der Waals surface area contributed by atoms with E-state index in [-0.39, 0.29) is 23.1 Å². The Hall–Kier alpha value is -2.51. The van der Waals surface area contributed by atoms with Crippen LogP contribution in [0.1, 0.15) is 0 Å². The number of carbonyl (C=O) groups is 2. The van der Waals surface area contributed by atoms with Crippen molar-refractivity contribution in [3.8, 4) is 11.5 Å². The lowest BCUT2D eigenvalue weighted by atomic mass is 10.3. The van der Waals surface area contributed by atoms with Gasteiger partial charge in [0.05, 0.1) is 5.02 Å². The molecule has 0 aliphatic carbocycles. The Labute approximate surface area is 152 Å². The van der Waals surface area contributed by atoms with E-state index in [0.29, 0.717) is 5.02 Å². The number of hydrazine groups is 1. The second kappa shape index (κ2) is 9.10. The molecule has 0 atom stereocenters. The van der Waals surface area contributed by atoms with Crippen molar-refractivity contribution < 1.29 is 23.5 Å². The number of nitrogens with one attached hydrogen (secondary N) is 2. The third kappa shape index (κ3) is 6.13. The number of rotatable bonds is 6. The van der Waals surface area contributed by atoms with Gasteiger partial charge in [0.1, 0.15) is 5.75 Å². The van der Waals surface area contributed by atoms with Crippen LogP contribution in [-0.4, -0.2) is 25.0 Å². The zero-order valence-electron chi connectivity index (χ0n) is 12.7. The molecule has 0 heterocycles. The molecule has 2 rings (SSSR count). The normalized spacial score (nSPS) is 10.0. The first-order valence-corrected chi connectivity index (χ1v) is 7.74. The molecule has 0 aromatic heterocycles. The Morgan fingerprint density at radius 3 is 2.12 bits per heavy atom. The molecule has 0 unspecified atom stereocenters. The molecule has 0 spiro atoms. The van der Waals surface area contributed by atoms with Crippen LogP contribution < -0.4 is 20.3 Å². The molecular formula is C16H13Cl2FN2O4. The average molecular weight is 387 g/mol. The van der Waals surface area contributed by atoms with E-state index in [0.717, 1.165) is 0 Å². The molecule has 0 fully saturated rings. The summed E-state index contributed by atoms with van der Waals surface area (Å²) in [6.07, 6.45) is 0. The molecule has 2 N–H and O–H groups in total. The van der Waals surface area contributed by atoms with E-state index in [9.17, 15) is 14.0 Å². The lowest BCUT2D eigenvalue weighted by molar-refractivity contribution is -0.131. The molecule has 9 heteroatoms. The summed E-state index contributed by atoms with van der Waals surface area (Å²) in [5, 5.41) is 0.687. The van der Waals surface area contributed by atoms with Crippen LogP contribution in [0.3, 0.4) is 0 Å². The van der Waals surface area contributed by atoms with E-state index in [4.69, 9.17) is 32.7 Å². The van der Waals surface area contributed by atoms with E-state index >= 15 is 0 Å². The van der Waals surface area contributed by atoms with Gasteiger partial charge in [-0.2, -0.15) is 0 Å². The van der Waals surface area contributed by atoms with Crippen LogP contribution in [0.25, 0.3) is 0 Å². The Balaban J connectivity index is 1.70. The van der Waals surface area contributed by atoms with Gasteiger partial charge in [-0.15, -0.1) is 0 Å². The van der Waals surface area contributed by atoms with E-state index in [1.165, 1.54) is 30.3 Å². The summed E-state index contributed by atoms with van der Waals surface area (Å²) in [6.45, 7) is -0.846. The van der Waals surface area contributed by atoms with Crippen molar-refractivity contribution in [2.45, 2.75) is 0 Å². The van der Waals surface area contributed by atoms with E-state index in [1.54, 1.807) is 12.1 Å². The van der Waals surface area contributed by atoms with Crippen molar-refractivity contribution in [2.24, 2.45) is 0 Å². The average Bonchev–Trinajstić information content (AvgIpc) is 2.58. The van der Waals surface area contributed by atoms with Crippen LogP contribution in [0.15, 0.2) is 42.5 Å². The van der Waals surface area contributed by atoms with E-state index in [1.807, 2.05) is 0 Å². The topological polar surface area (TPSA) is 76.7 Å². The highest BCUT2D eigenvalue weighted by atomic mass is 35.5. The van der Waals surface area contributed by atoms with E-state index < -0.39 is 24.2 Å². The number of hydrogen-bond donors (Lipinski definition) is 2. The number of hydrogen-bond acceptors (Lipinski definition) is 4. The molecule has 132 valence electrons. The smallest absolute Gasteiger partial charge is 0.276 e. The first-order chi connectivity index (χ1) is 12.0. The summed E-state index contributed by atoms with van der Waals surface area (Å²) in [6, 6.07) is 10.2. The molecular weight excluding hydrogens is 374 g/mol. The first-order valence-electron chi connectivity index (χ1n) is 6.98. The van der Waals surface area contributed by atoms with Gasteiger partial charge in [-0.05, 0) is 30.3 Å². The van der Waals surface area contributed by atoms with Gasteiger partial charge in [0.25, 0.3) is 11.8 Å². The van der Waals surface area contributed by atoms with Gasteiger partial charge in [0, 0.05) is 5.02 Å². The Morgan fingerprint density at radius 2 is 1.52 bits per heavy atom. The lowest BCUT2D eigenvalue weighted by Gasteiger charge is -2.10. The van der Waals surface area contributed by atoms with Crippen molar-refractivity contribution in [3.63, 3.8) is 0 Å². The highest BCUT2D eigenvalue weighted by molar-refractivity contribution is 6.35. The second-order valence-corrected chi connectivity index (χ2v) is 5.52. The SMILES string of the molecule is O=C(COc1ccccc1F)NNC(=O)COc1ccc(Cl)cc1Cl. The van der Waals surface area contributed by atoms with Crippen LogP contribution in [0, 0.1) is 5.82 Å². The summed E-state index contributed by atoms with van der Waals surface area (Å²) in [5.74, 6) is -1.67. The molecule has 25 heavy (non-hydrogen) atoms. The van der Waals surface area contributed by atoms with Crippen molar-refractivity contribution >= 4 is 35.0 Å². The van der Waals surface area contributed by atoms with Crippen molar-refractivity contribution in [2.75, 3.05) is 13.2 Å². The molecule has 0 saturated carbocycles. The molecule has 0 aliphatic rings. The fourth-order valence-corrected chi connectivity index (χ4v) is 2.12. The minimum absolute atomic E-state index is 0.0651. The zero-order chi connectivity index (χ0) is 18.2. The van der Waals surface area contributed by atoms with Gasteiger partial charge in [-0.25, -0.2) is 4.39 Å². The maximum Gasteiger partial charge on any atom is 0.276 e. The molecule has 0 aliphatic heterocycles. The minimum atomic E-state index is -0.666. The van der Waals surface area contributed by atoms with Crippen LogP contribution >= 0.6 is 23.2 Å². The molecule has 0 radical (unpaired) electrons. The Kier molecular flexibility index (Phi) is 6.85. The maximum atomic E-state index is 13.3. The highest BCUT2D eigenvalue weighted by Crippen LogP contribution is 2.27. The summed E-state index contributed by atoms with van der Waals surface area (Å²) in [4.78, 5) is 23.2. The number of carbonyl (C=O) groups excluding carboxylic acids is 2. The predicted molar refractivity (Wildman–Crippen MR) is 90.1 cm³/mol. The summed E-state index contributed by atoms with van der Waals surface area (Å²) >= 11 is 11.6. The fraction of sp³-hybridized carbons (Fsp3) is 0.125. The predicted octanol–water partition coefficient (Wildman–Crippen LogP) is 2.74. The second-order valence-electron chi connectivity index (χ2n) is 4.68. The Bertz CT molecular complexity index is 774. The van der Waals surface area contributed by atoms with E-state index in [2.05, 4.69) is 10.9 Å². The molecule has 6 nitrogen and oxygen atoms in total. The van der Waals surface area contributed by atoms with Gasteiger partial charge in [-0.1, -0.05) is 35.3 Å². The highest BCUT2D eigenvalue weighted by Gasteiger charge is 2.09. The zero-order valence-corrected chi connectivity index (χ0v) is 14.2. The molecule has 2 amide bonds. The minimum Gasteiger partial charge on any atom is -0.482 e. The third-order valence-electron chi connectivity index (χ3n) is 2.79. The van der Waals surface area contributed by atoms with Crippen LogP contribution in [-0.2, 0) is 9.59 Å². The number of halogens is 3. The molecule has 0 saturated heterocycles. The number of ether oxygens (including phenoxy) is 2. The fourth-order valence-electron chi connectivity index (χ4n) is 1.65. The molecule has 2 aromatic carbocycles. The van der Waals surface area contributed by atoms with Crippen LogP contribution in [0.4, 0.5) is 4.39 Å². The lowest BCUT2D eigenvalue weighted by Crippen LogP contribution is -2.45. The monoisotopic (exact) mass is 386 g/mol. The van der Waals surface area contributed by atoms with Crippen molar-refractivity contribution in [1.29, 1.82) is 0 Å². The van der Waals surface area contributed by atoms with Gasteiger partial charge in [-0.3, -0.25) is 20.4 Å². The Morgan fingerprint density at radius 1 is 0.920 bits per heavy atom. The first kappa shape index (κ1) is 18.8. The largest absolute Gasteiger partial charge is 0.482 e. The van der Waals surface area contributed by atoms with Gasteiger partial charge in [0.2, 0.25) is 0 Å². The summed E-state index contributed by atoms with van der Waals surface area (Å²) in [7, 11) is 0. The molecule has 2 aromatic rings. The molecule has 0 bridgehead atoms. The van der Waals surface area contributed by atoms with Crippen LogP contribution in [0.5, 0.6) is 11.5 Å². The standard InChI is InChI=1S/C16H13Cl2FN2O4/c17-10-5-6-13(11(18)7-10)24-8-15(22)20-21-16(23)9-25-14-4-2-1-3-12(14)19/h1-7H,8-9H2,(H,20,22)(H,21,23). The van der Waals surface area contributed by atoms with Crippen molar-refractivity contribution in [3.05, 3.63) is 58.3 Å². The number of amides is 2. The summed E-state index contributed by atoms with van der Waals surface area (Å²) in [5.41, 5.74) is 4.24. The third-order valence-corrected chi connectivity index (χ3v) is 3.32. The van der Waals surface area contributed by atoms with Gasteiger partial charge in [0.15, 0.2) is 24.8 Å². The van der Waals surface area contributed by atoms with Gasteiger partial charge >= 0.3 is 0 Å². The van der Waals surface area contributed by atoms with Crippen LogP contribution in [0.2, 0.25) is 10.0 Å². The quantitative estimate of drug-likeness (QED) is 0.748.